The van der Waals surface area contributed by atoms with Crippen LogP contribution in [0.15, 0.2) is 47.5 Å². The molecule has 4 nitrogen and oxygen atoms in total. The van der Waals surface area contributed by atoms with Crippen molar-refractivity contribution in [2.75, 3.05) is 7.05 Å². The van der Waals surface area contributed by atoms with Crippen molar-refractivity contribution in [2.45, 2.75) is 4.90 Å². The number of nitrogens with zero attached hydrogens (tertiary/aromatic N) is 1. The van der Waals surface area contributed by atoms with E-state index in [2.05, 4.69) is 10.0 Å². The molecule has 1 heterocycles. The number of nitrogens with one attached hydrogen (secondary N) is 1. The van der Waals surface area contributed by atoms with Gasteiger partial charge in [-0.15, -0.1) is 0 Å². The second-order valence-corrected chi connectivity index (χ2v) is 5.14. The van der Waals surface area contributed by atoms with Crippen molar-refractivity contribution in [1.29, 1.82) is 0 Å². The number of benzene rings is 1. The third-order valence-corrected chi connectivity index (χ3v) is 3.67. The fraction of sp³-hybridized carbons (Fsp3) is 0.0909. The maximum absolute atomic E-state index is 11.6. The summed E-state index contributed by atoms with van der Waals surface area (Å²) < 4.78 is 25.5. The first kappa shape index (κ1) is 10.9. The predicted molar refractivity (Wildman–Crippen MR) is 61.9 cm³/mol. The van der Waals surface area contributed by atoms with Crippen LogP contribution in [-0.4, -0.2) is 15.5 Å². The summed E-state index contributed by atoms with van der Waals surface area (Å²) in [4.78, 5) is 0.246. The molecule has 0 unspecified atom stereocenters. The Morgan fingerprint density at radius 3 is 2.75 bits per heavy atom. The topological polar surface area (TPSA) is 60.3 Å². The zero-order chi connectivity index (χ0) is 11.6. The molecule has 1 aromatic rings. The average Bonchev–Trinajstić information content (AvgIpc) is 2.83. The van der Waals surface area contributed by atoms with Gasteiger partial charge in [-0.05, 0) is 31.3 Å². The van der Waals surface area contributed by atoms with Gasteiger partial charge in [0.2, 0.25) is 10.0 Å². The molecule has 0 spiro atoms. The molecule has 1 aromatic carbocycles. The van der Waals surface area contributed by atoms with E-state index in [1.807, 2.05) is 18.2 Å². The SMILES string of the molecule is CNS(=O)(=O)c1cccc(C2=CC=C[N]2)c1. The van der Waals surface area contributed by atoms with Crippen LogP contribution < -0.4 is 10.0 Å². The Balaban J connectivity index is 2.41. The van der Waals surface area contributed by atoms with Crippen LogP contribution in [0.5, 0.6) is 0 Å². The van der Waals surface area contributed by atoms with Gasteiger partial charge in [0.1, 0.15) is 0 Å². The van der Waals surface area contributed by atoms with Gasteiger partial charge in [0.05, 0.1) is 10.6 Å². The quantitative estimate of drug-likeness (QED) is 0.851. The van der Waals surface area contributed by atoms with Crippen LogP contribution in [0.1, 0.15) is 5.56 Å². The normalized spacial score (nSPS) is 14.7. The number of allylic oxidation sites excluding steroid dienone is 2. The van der Waals surface area contributed by atoms with Gasteiger partial charge in [0, 0.05) is 11.8 Å². The summed E-state index contributed by atoms with van der Waals surface area (Å²) >= 11 is 0. The summed E-state index contributed by atoms with van der Waals surface area (Å²) in [6.45, 7) is 0. The molecule has 1 radical (unpaired) electrons. The van der Waals surface area contributed by atoms with E-state index in [0.29, 0.717) is 0 Å². The Hall–Kier alpha value is -1.59. The number of rotatable bonds is 3. The highest BCUT2D eigenvalue weighted by Crippen LogP contribution is 2.19. The summed E-state index contributed by atoms with van der Waals surface area (Å²) in [5.74, 6) is 0. The first-order valence-corrected chi connectivity index (χ1v) is 6.23. The Morgan fingerprint density at radius 2 is 2.12 bits per heavy atom. The van der Waals surface area contributed by atoms with Gasteiger partial charge in [-0.25, -0.2) is 13.1 Å². The number of sulfonamides is 1. The maximum atomic E-state index is 11.6. The van der Waals surface area contributed by atoms with E-state index >= 15 is 0 Å². The molecule has 16 heavy (non-hydrogen) atoms. The predicted octanol–water partition coefficient (Wildman–Crippen LogP) is 1.07. The van der Waals surface area contributed by atoms with E-state index in [1.165, 1.54) is 7.05 Å². The second kappa shape index (κ2) is 4.11. The lowest BCUT2D eigenvalue weighted by Crippen LogP contribution is -2.18. The minimum absolute atomic E-state index is 0.246. The van der Waals surface area contributed by atoms with Gasteiger partial charge in [-0.2, -0.15) is 0 Å². The summed E-state index contributed by atoms with van der Waals surface area (Å²) in [5.41, 5.74) is 1.56. The summed E-state index contributed by atoms with van der Waals surface area (Å²) in [5, 5.41) is 4.12. The van der Waals surface area contributed by atoms with Crippen molar-refractivity contribution in [3.05, 3.63) is 48.2 Å². The van der Waals surface area contributed by atoms with Crippen molar-refractivity contribution >= 4 is 15.7 Å². The van der Waals surface area contributed by atoms with Crippen LogP contribution in [0, 0.1) is 0 Å². The first-order valence-electron chi connectivity index (χ1n) is 4.75. The van der Waals surface area contributed by atoms with Crippen LogP contribution in [0.4, 0.5) is 0 Å². The fourth-order valence-corrected chi connectivity index (χ4v) is 2.19. The van der Waals surface area contributed by atoms with E-state index in [0.717, 1.165) is 11.3 Å². The molecule has 1 N–H and O–H groups in total. The monoisotopic (exact) mass is 235 g/mol. The summed E-state index contributed by atoms with van der Waals surface area (Å²) in [6.07, 6.45) is 5.33. The molecule has 0 aromatic heterocycles. The Kier molecular flexibility index (Phi) is 2.80. The Labute approximate surface area is 94.7 Å². The number of hydrogen-bond acceptors (Lipinski definition) is 2. The van der Waals surface area contributed by atoms with E-state index in [-0.39, 0.29) is 4.90 Å². The largest absolute Gasteiger partial charge is 0.256 e. The van der Waals surface area contributed by atoms with E-state index in [1.54, 1.807) is 24.4 Å². The molecule has 5 heteroatoms. The first-order chi connectivity index (χ1) is 7.63. The van der Waals surface area contributed by atoms with Crippen molar-refractivity contribution in [3.8, 4) is 0 Å². The second-order valence-electron chi connectivity index (χ2n) is 3.26. The van der Waals surface area contributed by atoms with Crippen molar-refractivity contribution in [1.82, 2.24) is 10.0 Å². The Bertz CT molecular complexity index is 559. The molecule has 1 aliphatic rings. The van der Waals surface area contributed by atoms with Crippen molar-refractivity contribution < 1.29 is 8.42 Å². The number of hydrogen-bond donors (Lipinski definition) is 1. The van der Waals surface area contributed by atoms with Crippen molar-refractivity contribution in [3.63, 3.8) is 0 Å². The lowest BCUT2D eigenvalue weighted by Gasteiger charge is -2.05. The summed E-state index contributed by atoms with van der Waals surface area (Å²) in [6, 6.07) is 6.69. The summed E-state index contributed by atoms with van der Waals surface area (Å²) in [7, 11) is -2.00. The van der Waals surface area contributed by atoms with Gasteiger partial charge < -0.3 is 0 Å². The van der Waals surface area contributed by atoms with Crippen LogP contribution in [-0.2, 0) is 10.0 Å². The molecular formula is C11H11N2O2S. The smallest absolute Gasteiger partial charge is 0.240 e. The van der Waals surface area contributed by atoms with E-state index < -0.39 is 10.0 Å². The van der Waals surface area contributed by atoms with E-state index in [9.17, 15) is 8.42 Å². The van der Waals surface area contributed by atoms with Crippen LogP contribution >= 0.6 is 0 Å². The zero-order valence-electron chi connectivity index (χ0n) is 8.71. The maximum Gasteiger partial charge on any atom is 0.240 e. The molecule has 0 saturated carbocycles. The van der Waals surface area contributed by atoms with Crippen LogP contribution in [0.2, 0.25) is 0 Å². The molecule has 0 aliphatic carbocycles. The third kappa shape index (κ3) is 2.00. The minimum atomic E-state index is -3.39. The van der Waals surface area contributed by atoms with Crippen LogP contribution in [0.3, 0.4) is 0 Å². The van der Waals surface area contributed by atoms with Crippen LogP contribution in [0.25, 0.3) is 5.70 Å². The molecule has 0 saturated heterocycles. The zero-order valence-corrected chi connectivity index (χ0v) is 9.53. The Morgan fingerprint density at radius 1 is 1.31 bits per heavy atom. The lowest BCUT2D eigenvalue weighted by atomic mass is 10.1. The molecule has 0 fully saturated rings. The highest BCUT2D eigenvalue weighted by atomic mass is 32.2. The van der Waals surface area contributed by atoms with Gasteiger partial charge >= 0.3 is 0 Å². The molecular weight excluding hydrogens is 224 g/mol. The van der Waals surface area contributed by atoms with Gasteiger partial charge in [0.15, 0.2) is 0 Å². The molecule has 83 valence electrons. The molecule has 2 rings (SSSR count). The highest BCUT2D eigenvalue weighted by Gasteiger charge is 2.13. The fourth-order valence-electron chi connectivity index (χ4n) is 1.41. The molecule has 1 aliphatic heterocycles. The highest BCUT2D eigenvalue weighted by molar-refractivity contribution is 7.89. The average molecular weight is 235 g/mol. The van der Waals surface area contributed by atoms with Crippen molar-refractivity contribution in [2.24, 2.45) is 0 Å². The molecule has 0 amide bonds. The minimum Gasteiger partial charge on any atom is -0.256 e. The van der Waals surface area contributed by atoms with Gasteiger partial charge in [0.25, 0.3) is 0 Å². The molecule has 0 bridgehead atoms. The van der Waals surface area contributed by atoms with Gasteiger partial charge in [-0.3, -0.25) is 5.32 Å². The van der Waals surface area contributed by atoms with Gasteiger partial charge in [-0.1, -0.05) is 12.1 Å². The molecule has 0 atom stereocenters. The standard InChI is InChI=1S/C11H11N2O2S/c1-12-16(14,15)10-5-2-4-9(8-10)11-6-3-7-13-11/h2-8,12H,1H3. The lowest BCUT2D eigenvalue weighted by molar-refractivity contribution is 0.588. The third-order valence-electron chi connectivity index (χ3n) is 2.26. The van der Waals surface area contributed by atoms with E-state index in [4.69, 9.17) is 0 Å².